The van der Waals surface area contributed by atoms with Crippen LogP contribution in [0.25, 0.3) is 0 Å². The Morgan fingerprint density at radius 3 is 1.41 bits per heavy atom. The molecule has 0 aromatic heterocycles. The van der Waals surface area contributed by atoms with Crippen LogP contribution in [-0.4, -0.2) is 11.5 Å². The lowest BCUT2D eigenvalue weighted by atomic mass is 10.2. The summed E-state index contributed by atoms with van der Waals surface area (Å²) in [6, 6.07) is 21.4. The Morgan fingerprint density at radius 1 is 0.588 bits per heavy atom. The van der Waals surface area contributed by atoms with E-state index in [1.165, 1.54) is 35.5 Å². The highest BCUT2D eigenvalue weighted by molar-refractivity contribution is 7.99. The van der Waals surface area contributed by atoms with E-state index < -0.39 is 0 Å². The van der Waals surface area contributed by atoms with Gasteiger partial charge in [-0.3, -0.25) is 0 Å². The fourth-order valence-corrected chi connectivity index (χ4v) is 2.74. The standard InChI is InChI=1S/C16H18S/c1-3-7-15(8-4-1)11-13-17-14-12-16-9-5-2-6-10-16/h1-10H,11-14H2. The van der Waals surface area contributed by atoms with Crippen LogP contribution in [0.1, 0.15) is 11.1 Å². The summed E-state index contributed by atoms with van der Waals surface area (Å²) in [5, 5.41) is 0. The molecule has 0 saturated heterocycles. The molecule has 0 unspecified atom stereocenters. The first-order valence-corrected chi connectivity index (χ1v) is 7.26. The topological polar surface area (TPSA) is 0 Å². The maximum atomic E-state index is 2.21. The summed E-state index contributed by atoms with van der Waals surface area (Å²) in [4.78, 5) is 0. The maximum absolute atomic E-state index is 2.21. The van der Waals surface area contributed by atoms with Gasteiger partial charge in [-0.15, -0.1) is 0 Å². The average Bonchev–Trinajstić information content (AvgIpc) is 2.41. The molecule has 0 bridgehead atoms. The van der Waals surface area contributed by atoms with Gasteiger partial charge in [0.2, 0.25) is 0 Å². The van der Waals surface area contributed by atoms with Crippen LogP contribution in [-0.2, 0) is 12.8 Å². The molecular weight excluding hydrogens is 224 g/mol. The zero-order chi connectivity index (χ0) is 11.8. The van der Waals surface area contributed by atoms with E-state index in [1.54, 1.807) is 0 Å². The molecule has 0 amide bonds. The highest BCUT2D eigenvalue weighted by Gasteiger charge is 1.94. The highest BCUT2D eigenvalue weighted by Crippen LogP contribution is 2.09. The summed E-state index contributed by atoms with van der Waals surface area (Å²) >= 11 is 2.04. The molecule has 0 saturated carbocycles. The summed E-state index contributed by atoms with van der Waals surface area (Å²) in [6.07, 6.45) is 2.36. The van der Waals surface area contributed by atoms with E-state index in [2.05, 4.69) is 60.7 Å². The molecule has 2 aromatic rings. The molecule has 2 aromatic carbocycles. The SMILES string of the molecule is c1ccc(CCSCCc2ccccc2)cc1. The van der Waals surface area contributed by atoms with Crippen molar-refractivity contribution in [3.8, 4) is 0 Å². The predicted octanol–water partition coefficient (Wildman–Crippen LogP) is 4.21. The van der Waals surface area contributed by atoms with Crippen LogP contribution in [0.15, 0.2) is 60.7 Å². The summed E-state index contributed by atoms with van der Waals surface area (Å²) < 4.78 is 0. The Hall–Kier alpha value is -1.21. The molecule has 0 radical (unpaired) electrons. The van der Waals surface area contributed by atoms with Crippen molar-refractivity contribution in [2.75, 3.05) is 11.5 Å². The Labute approximate surface area is 108 Å². The van der Waals surface area contributed by atoms with Crippen LogP contribution in [0.2, 0.25) is 0 Å². The van der Waals surface area contributed by atoms with E-state index in [4.69, 9.17) is 0 Å². The van der Waals surface area contributed by atoms with Crippen molar-refractivity contribution in [2.45, 2.75) is 12.8 Å². The van der Waals surface area contributed by atoms with Crippen LogP contribution in [0.4, 0.5) is 0 Å². The van der Waals surface area contributed by atoms with E-state index >= 15 is 0 Å². The molecule has 0 aliphatic carbocycles. The van der Waals surface area contributed by atoms with Crippen LogP contribution >= 0.6 is 11.8 Å². The Morgan fingerprint density at radius 2 is 1.00 bits per heavy atom. The largest absolute Gasteiger partial charge is 0.161 e. The third-order valence-corrected chi connectivity index (χ3v) is 3.74. The normalized spacial score (nSPS) is 10.4. The molecule has 0 fully saturated rings. The summed E-state index contributed by atoms with van der Waals surface area (Å²) in [5.74, 6) is 2.44. The van der Waals surface area contributed by atoms with Gasteiger partial charge >= 0.3 is 0 Å². The highest BCUT2D eigenvalue weighted by atomic mass is 32.2. The molecule has 17 heavy (non-hydrogen) atoms. The Kier molecular flexibility index (Phi) is 5.18. The lowest BCUT2D eigenvalue weighted by molar-refractivity contribution is 1.13. The van der Waals surface area contributed by atoms with Gasteiger partial charge in [0.1, 0.15) is 0 Å². The third kappa shape index (κ3) is 4.66. The van der Waals surface area contributed by atoms with E-state index in [9.17, 15) is 0 Å². The second-order valence-electron chi connectivity index (χ2n) is 4.08. The minimum absolute atomic E-state index is 1.18. The van der Waals surface area contributed by atoms with Crippen LogP contribution in [0, 0.1) is 0 Å². The van der Waals surface area contributed by atoms with E-state index in [0.717, 1.165) is 0 Å². The zero-order valence-electron chi connectivity index (χ0n) is 10.0. The summed E-state index contributed by atoms with van der Waals surface area (Å²) in [6.45, 7) is 0. The fourth-order valence-electron chi connectivity index (χ4n) is 1.77. The number of hydrogen-bond acceptors (Lipinski definition) is 1. The van der Waals surface area contributed by atoms with Gasteiger partial charge < -0.3 is 0 Å². The van der Waals surface area contributed by atoms with Crippen molar-refractivity contribution in [3.05, 3.63) is 71.8 Å². The van der Waals surface area contributed by atoms with Gasteiger partial charge in [0.05, 0.1) is 0 Å². The molecule has 88 valence electrons. The van der Waals surface area contributed by atoms with Crippen LogP contribution in [0.5, 0.6) is 0 Å². The monoisotopic (exact) mass is 242 g/mol. The first kappa shape index (κ1) is 12.3. The quantitative estimate of drug-likeness (QED) is 0.684. The number of hydrogen-bond donors (Lipinski definition) is 0. The van der Waals surface area contributed by atoms with Crippen molar-refractivity contribution in [1.29, 1.82) is 0 Å². The van der Waals surface area contributed by atoms with Crippen LogP contribution in [0.3, 0.4) is 0 Å². The maximum Gasteiger partial charge on any atom is -0.00269 e. The van der Waals surface area contributed by atoms with Crippen molar-refractivity contribution >= 4 is 11.8 Å². The summed E-state index contributed by atoms with van der Waals surface area (Å²) in [5.41, 5.74) is 2.89. The first-order chi connectivity index (χ1) is 8.45. The van der Waals surface area contributed by atoms with Crippen molar-refractivity contribution in [2.24, 2.45) is 0 Å². The molecular formula is C16H18S. The van der Waals surface area contributed by atoms with Gasteiger partial charge in [0.15, 0.2) is 0 Å². The van der Waals surface area contributed by atoms with Crippen molar-refractivity contribution < 1.29 is 0 Å². The number of benzene rings is 2. The average molecular weight is 242 g/mol. The zero-order valence-corrected chi connectivity index (χ0v) is 10.8. The smallest absolute Gasteiger partial charge is 0.00269 e. The second kappa shape index (κ2) is 7.18. The molecule has 0 aliphatic rings. The van der Waals surface area contributed by atoms with Crippen LogP contribution < -0.4 is 0 Å². The Balaban J connectivity index is 1.61. The van der Waals surface area contributed by atoms with Gasteiger partial charge in [-0.2, -0.15) is 11.8 Å². The summed E-state index contributed by atoms with van der Waals surface area (Å²) in [7, 11) is 0. The van der Waals surface area contributed by atoms with Gasteiger partial charge in [0.25, 0.3) is 0 Å². The molecule has 0 spiro atoms. The van der Waals surface area contributed by atoms with Gasteiger partial charge in [0, 0.05) is 0 Å². The van der Waals surface area contributed by atoms with Crippen molar-refractivity contribution in [1.82, 2.24) is 0 Å². The minimum Gasteiger partial charge on any atom is -0.161 e. The Bertz CT molecular complexity index is 367. The second-order valence-corrected chi connectivity index (χ2v) is 5.31. The van der Waals surface area contributed by atoms with E-state index in [0.29, 0.717) is 0 Å². The van der Waals surface area contributed by atoms with Crippen molar-refractivity contribution in [3.63, 3.8) is 0 Å². The number of thioether (sulfide) groups is 1. The molecule has 0 N–H and O–H groups in total. The van der Waals surface area contributed by atoms with Gasteiger partial charge in [-0.25, -0.2) is 0 Å². The third-order valence-electron chi connectivity index (χ3n) is 2.76. The molecule has 0 nitrogen and oxygen atoms in total. The molecule has 2 rings (SSSR count). The number of aryl methyl sites for hydroxylation is 2. The van der Waals surface area contributed by atoms with Gasteiger partial charge in [-0.1, -0.05) is 60.7 Å². The fraction of sp³-hybridized carbons (Fsp3) is 0.250. The molecule has 1 heteroatoms. The lowest BCUT2D eigenvalue weighted by Gasteiger charge is -2.02. The molecule has 0 heterocycles. The van der Waals surface area contributed by atoms with E-state index in [1.807, 2.05) is 11.8 Å². The minimum atomic E-state index is 1.18. The lowest BCUT2D eigenvalue weighted by Crippen LogP contribution is -1.92. The number of rotatable bonds is 6. The van der Waals surface area contributed by atoms with Gasteiger partial charge in [-0.05, 0) is 35.5 Å². The van der Waals surface area contributed by atoms with E-state index in [-0.39, 0.29) is 0 Å². The first-order valence-electron chi connectivity index (χ1n) is 6.11. The molecule has 0 aliphatic heterocycles. The predicted molar refractivity (Wildman–Crippen MR) is 77.6 cm³/mol. The molecule has 0 atom stereocenters.